The third kappa shape index (κ3) is 7.03. The van der Waals surface area contributed by atoms with E-state index < -0.39 is 5.97 Å². The fraction of sp³-hybridized carbons (Fsp3) is 0.619. The molecule has 0 bridgehead atoms. The number of anilines is 1. The third-order valence-corrected chi connectivity index (χ3v) is 5.26. The van der Waals surface area contributed by atoms with E-state index in [1.54, 1.807) is 13.2 Å². The van der Waals surface area contributed by atoms with Gasteiger partial charge < -0.3 is 20.1 Å². The lowest BCUT2D eigenvalue weighted by Gasteiger charge is -2.34. The number of urea groups is 1. The van der Waals surface area contributed by atoms with E-state index in [9.17, 15) is 14.7 Å². The fourth-order valence-electron chi connectivity index (χ4n) is 3.48. The molecule has 1 heterocycles. The summed E-state index contributed by atoms with van der Waals surface area (Å²) in [5.41, 5.74) is 0.721. The summed E-state index contributed by atoms with van der Waals surface area (Å²) in [5.74, 6) is -0.191. The van der Waals surface area contributed by atoms with Crippen molar-refractivity contribution in [1.29, 1.82) is 0 Å². The van der Waals surface area contributed by atoms with Crippen molar-refractivity contribution >= 4 is 17.7 Å². The number of hydrogen-bond donors (Lipinski definition) is 2. The predicted molar refractivity (Wildman–Crippen MR) is 110 cm³/mol. The monoisotopic (exact) mass is 391 g/mol. The summed E-state index contributed by atoms with van der Waals surface area (Å²) in [6.07, 6.45) is 4.38. The molecule has 7 nitrogen and oxygen atoms in total. The number of aliphatic carboxylic acids is 1. The van der Waals surface area contributed by atoms with Gasteiger partial charge in [-0.1, -0.05) is 25.8 Å². The molecule has 2 amide bonds. The van der Waals surface area contributed by atoms with Crippen LogP contribution in [-0.4, -0.2) is 66.7 Å². The number of nitrogens with zero attached hydrogens (tertiary/aromatic N) is 2. The van der Waals surface area contributed by atoms with Gasteiger partial charge in [0.2, 0.25) is 0 Å². The Balaban J connectivity index is 1.70. The van der Waals surface area contributed by atoms with Crippen molar-refractivity contribution in [2.75, 3.05) is 45.2 Å². The Morgan fingerprint density at radius 1 is 1.18 bits per heavy atom. The lowest BCUT2D eigenvalue weighted by atomic mass is 9.97. The molecule has 28 heavy (non-hydrogen) atoms. The van der Waals surface area contributed by atoms with Crippen LogP contribution >= 0.6 is 0 Å². The van der Waals surface area contributed by atoms with Gasteiger partial charge in [-0.25, -0.2) is 4.79 Å². The van der Waals surface area contributed by atoms with Crippen molar-refractivity contribution in [1.82, 2.24) is 9.80 Å². The van der Waals surface area contributed by atoms with E-state index in [0.29, 0.717) is 18.8 Å². The molecule has 7 heteroatoms. The molecule has 2 N–H and O–H groups in total. The second-order valence-electron chi connectivity index (χ2n) is 7.31. The lowest BCUT2D eigenvalue weighted by molar-refractivity contribution is -0.142. The number of benzene rings is 1. The Kier molecular flexibility index (Phi) is 9.07. The number of hydrogen-bond acceptors (Lipinski definition) is 4. The number of amides is 2. The van der Waals surface area contributed by atoms with E-state index in [2.05, 4.69) is 17.1 Å². The molecule has 1 aliphatic rings. The molecular weight excluding hydrogens is 358 g/mol. The van der Waals surface area contributed by atoms with Gasteiger partial charge in [0.15, 0.2) is 0 Å². The molecule has 1 aromatic carbocycles. The number of unbranched alkanes of at least 4 members (excludes halogenated alkanes) is 1. The molecule has 0 aromatic heterocycles. The first-order valence-corrected chi connectivity index (χ1v) is 10.2. The number of ether oxygens (including phenoxy) is 1. The van der Waals surface area contributed by atoms with E-state index in [0.717, 1.165) is 57.4 Å². The molecule has 0 saturated carbocycles. The van der Waals surface area contributed by atoms with Gasteiger partial charge in [-0.3, -0.25) is 9.69 Å². The number of rotatable bonds is 10. The quantitative estimate of drug-likeness (QED) is 0.638. The highest BCUT2D eigenvalue weighted by atomic mass is 16.5. The van der Waals surface area contributed by atoms with Gasteiger partial charge in [0.05, 0.1) is 13.0 Å². The summed E-state index contributed by atoms with van der Waals surface area (Å²) in [5, 5.41) is 12.2. The summed E-state index contributed by atoms with van der Waals surface area (Å²) >= 11 is 0. The maximum absolute atomic E-state index is 12.4. The minimum Gasteiger partial charge on any atom is -0.497 e. The average molecular weight is 392 g/mol. The highest BCUT2D eigenvalue weighted by Crippen LogP contribution is 2.18. The Bertz CT molecular complexity index is 630. The molecular formula is C21H33N3O4. The third-order valence-electron chi connectivity index (χ3n) is 5.26. The van der Waals surface area contributed by atoms with Crippen LogP contribution < -0.4 is 10.1 Å². The molecule has 1 fully saturated rings. The summed E-state index contributed by atoms with van der Waals surface area (Å²) in [6, 6.07) is 7.22. The number of carbonyl (C=O) groups is 2. The van der Waals surface area contributed by atoms with Crippen molar-refractivity contribution in [3.05, 3.63) is 24.3 Å². The maximum Gasteiger partial charge on any atom is 0.321 e. The summed E-state index contributed by atoms with van der Waals surface area (Å²) in [7, 11) is 1.60. The van der Waals surface area contributed by atoms with E-state index in [4.69, 9.17) is 4.74 Å². The van der Waals surface area contributed by atoms with Crippen molar-refractivity contribution in [2.24, 2.45) is 5.92 Å². The molecule has 1 unspecified atom stereocenters. The topological polar surface area (TPSA) is 82.1 Å². The molecule has 1 aliphatic heterocycles. The van der Waals surface area contributed by atoms with Crippen molar-refractivity contribution < 1.29 is 19.4 Å². The van der Waals surface area contributed by atoms with Gasteiger partial charge in [0, 0.05) is 37.9 Å². The Morgan fingerprint density at radius 2 is 1.89 bits per heavy atom. The van der Waals surface area contributed by atoms with Crippen molar-refractivity contribution in [2.45, 2.75) is 39.0 Å². The summed E-state index contributed by atoms with van der Waals surface area (Å²) < 4.78 is 5.18. The van der Waals surface area contributed by atoms with Gasteiger partial charge in [0.1, 0.15) is 5.75 Å². The lowest BCUT2D eigenvalue weighted by Crippen LogP contribution is -2.50. The normalized spacial score (nSPS) is 15.9. The molecule has 1 saturated heterocycles. The van der Waals surface area contributed by atoms with Crippen LogP contribution in [0.1, 0.15) is 39.0 Å². The number of methoxy groups -OCH3 is 1. The second-order valence-corrected chi connectivity index (χ2v) is 7.31. The maximum atomic E-state index is 12.4. The van der Waals surface area contributed by atoms with E-state index >= 15 is 0 Å². The van der Waals surface area contributed by atoms with Gasteiger partial charge in [-0.15, -0.1) is 0 Å². The highest BCUT2D eigenvalue weighted by molar-refractivity contribution is 5.89. The van der Waals surface area contributed by atoms with Crippen LogP contribution in [0.25, 0.3) is 0 Å². The Morgan fingerprint density at radius 3 is 2.54 bits per heavy atom. The van der Waals surface area contributed by atoms with Gasteiger partial charge >= 0.3 is 12.0 Å². The second kappa shape index (κ2) is 11.5. The van der Waals surface area contributed by atoms with Gasteiger partial charge in [0.25, 0.3) is 0 Å². The van der Waals surface area contributed by atoms with E-state index in [1.165, 1.54) is 0 Å². The van der Waals surface area contributed by atoms with Gasteiger partial charge in [-0.2, -0.15) is 0 Å². The first-order valence-electron chi connectivity index (χ1n) is 10.2. The van der Waals surface area contributed by atoms with Crippen molar-refractivity contribution in [3.63, 3.8) is 0 Å². The molecule has 1 atom stereocenters. The number of carbonyl (C=O) groups excluding carboxylic acids is 1. The molecule has 0 radical (unpaired) electrons. The SMILES string of the molecule is CCCCC(CCCN1CCN(C(=O)Nc2cccc(OC)c2)CC1)C(=O)O. The zero-order valence-corrected chi connectivity index (χ0v) is 17.0. The molecule has 1 aromatic rings. The number of nitrogens with one attached hydrogen (secondary N) is 1. The number of piperazine rings is 1. The van der Waals surface area contributed by atoms with Crippen molar-refractivity contribution in [3.8, 4) is 5.75 Å². The minimum atomic E-state index is -0.674. The van der Waals surface area contributed by atoms with Crippen LogP contribution in [-0.2, 0) is 4.79 Å². The minimum absolute atomic E-state index is 0.0987. The molecule has 156 valence electrons. The Labute approximate surface area is 167 Å². The first kappa shape index (κ1) is 22.0. The van der Waals surface area contributed by atoms with Crippen LogP contribution in [0.5, 0.6) is 5.75 Å². The van der Waals surface area contributed by atoms with Crippen LogP contribution in [0.3, 0.4) is 0 Å². The zero-order chi connectivity index (χ0) is 20.4. The van der Waals surface area contributed by atoms with Crippen LogP contribution in [0.2, 0.25) is 0 Å². The smallest absolute Gasteiger partial charge is 0.321 e. The van der Waals surface area contributed by atoms with E-state index in [-0.39, 0.29) is 11.9 Å². The van der Waals surface area contributed by atoms with Crippen LogP contribution in [0.15, 0.2) is 24.3 Å². The number of carboxylic acids is 1. The standard InChI is InChI=1S/C21H33N3O4/c1-3-4-7-17(20(25)26)8-6-11-23-12-14-24(15-13-23)21(27)22-18-9-5-10-19(16-18)28-2/h5,9-10,16-17H,3-4,6-8,11-15H2,1-2H3,(H,22,27)(H,25,26). The molecule has 0 aliphatic carbocycles. The largest absolute Gasteiger partial charge is 0.497 e. The predicted octanol–water partition coefficient (Wildman–Crippen LogP) is 3.52. The molecule has 0 spiro atoms. The highest BCUT2D eigenvalue weighted by Gasteiger charge is 2.22. The van der Waals surface area contributed by atoms with Gasteiger partial charge in [-0.05, 0) is 37.9 Å². The summed E-state index contributed by atoms with van der Waals surface area (Å²) in [4.78, 5) is 27.9. The molecule has 2 rings (SSSR count). The van der Waals surface area contributed by atoms with Crippen LogP contribution in [0.4, 0.5) is 10.5 Å². The number of carboxylic acid groups (broad SMARTS) is 1. The van der Waals surface area contributed by atoms with E-state index in [1.807, 2.05) is 23.1 Å². The summed E-state index contributed by atoms with van der Waals surface area (Å²) in [6.45, 7) is 5.96. The van der Waals surface area contributed by atoms with Crippen LogP contribution in [0, 0.1) is 5.92 Å². The average Bonchev–Trinajstić information content (AvgIpc) is 2.70. The fourth-order valence-corrected chi connectivity index (χ4v) is 3.48. The Hall–Kier alpha value is -2.28. The zero-order valence-electron chi connectivity index (χ0n) is 17.0. The first-order chi connectivity index (χ1) is 13.5.